The lowest BCUT2D eigenvalue weighted by atomic mass is 10.0. The molecule has 2 aliphatic heterocycles. The molecular weight excluding hydrogens is 463 g/mol. The maximum atomic E-state index is 12.8. The fourth-order valence-corrected chi connectivity index (χ4v) is 5.09. The number of aryl methyl sites for hydroxylation is 1. The Morgan fingerprint density at radius 2 is 1.94 bits per heavy atom. The molecule has 0 radical (unpaired) electrons. The van der Waals surface area contributed by atoms with Crippen molar-refractivity contribution in [3.05, 3.63) is 55.2 Å². The summed E-state index contributed by atoms with van der Waals surface area (Å²) in [5.41, 5.74) is 1.46. The van der Waals surface area contributed by atoms with Gasteiger partial charge in [-0.25, -0.2) is 0 Å². The first-order valence-corrected chi connectivity index (χ1v) is 11.2. The van der Waals surface area contributed by atoms with Crippen molar-refractivity contribution in [1.29, 1.82) is 0 Å². The average Bonchev–Trinajstić information content (AvgIpc) is 3.28. The number of carbonyl (C=O) groups excluding carboxylic acids is 5. The fourth-order valence-electron chi connectivity index (χ4n) is 3.75. The van der Waals surface area contributed by atoms with Crippen molar-refractivity contribution in [2.24, 2.45) is 0 Å². The van der Waals surface area contributed by atoms with Crippen molar-refractivity contribution >= 4 is 63.8 Å². The topological polar surface area (TPSA) is 101 Å². The van der Waals surface area contributed by atoms with Crippen LogP contribution in [0.3, 0.4) is 0 Å². The van der Waals surface area contributed by atoms with Crippen LogP contribution in [0.5, 0.6) is 0 Å². The van der Waals surface area contributed by atoms with Gasteiger partial charge >= 0.3 is 0 Å². The summed E-state index contributed by atoms with van der Waals surface area (Å²) >= 11 is 13.1. The van der Waals surface area contributed by atoms with Gasteiger partial charge in [-0.2, -0.15) is 0 Å². The molecule has 10 heteroatoms. The molecule has 2 aromatic rings. The maximum absolute atomic E-state index is 12.8. The van der Waals surface area contributed by atoms with E-state index in [1.165, 1.54) is 34.4 Å². The predicted molar refractivity (Wildman–Crippen MR) is 114 cm³/mol. The third kappa shape index (κ3) is 4.15. The summed E-state index contributed by atoms with van der Waals surface area (Å²) in [6.45, 7) is 0.244. The number of thiophene rings is 1. The van der Waals surface area contributed by atoms with Gasteiger partial charge in [0.15, 0.2) is 0 Å². The molecule has 1 aromatic carbocycles. The Morgan fingerprint density at radius 3 is 2.65 bits per heavy atom. The first-order valence-electron chi connectivity index (χ1n) is 9.52. The van der Waals surface area contributed by atoms with Crippen molar-refractivity contribution in [1.82, 2.24) is 10.2 Å². The normalized spacial score (nSPS) is 18.2. The number of hydrogen-bond acceptors (Lipinski definition) is 6. The quantitative estimate of drug-likeness (QED) is 0.390. The van der Waals surface area contributed by atoms with Crippen LogP contribution in [0.2, 0.25) is 10.0 Å². The van der Waals surface area contributed by atoms with E-state index in [4.69, 9.17) is 23.2 Å². The second kappa shape index (κ2) is 8.53. The van der Waals surface area contributed by atoms with Gasteiger partial charge in [0.25, 0.3) is 5.91 Å². The van der Waals surface area contributed by atoms with Gasteiger partial charge in [0.05, 0.1) is 15.6 Å². The third-order valence-corrected chi connectivity index (χ3v) is 7.23. The number of imide groups is 1. The predicted octanol–water partition coefficient (Wildman–Crippen LogP) is 3.20. The number of Topliss-reactive ketones (excluding diaryl/α,β-unsaturated/α-hetero) is 2. The van der Waals surface area contributed by atoms with Crippen LogP contribution in [-0.4, -0.2) is 40.2 Å². The van der Waals surface area contributed by atoms with Crippen LogP contribution >= 0.6 is 34.5 Å². The summed E-state index contributed by atoms with van der Waals surface area (Å²) in [6, 6.07) is 3.59. The van der Waals surface area contributed by atoms with Crippen LogP contribution in [0, 0.1) is 0 Å². The van der Waals surface area contributed by atoms with Crippen molar-refractivity contribution in [3.8, 4) is 0 Å². The molecule has 1 saturated heterocycles. The highest BCUT2D eigenvalue weighted by molar-refractivity contribution is 7.10. The molecule has 1 N–H and O–H groups in total. The van der Waals surface area contributed by atoms with Crippen LogP contribution in [0.4, 0.5) is 0 Å². The van der Waals surface area contributed by atoms with Crippen LogP contribution in [-0.2, 0) is 27.3 Å². The third-order valence-electron chi connectivity index (χ3n) is 5.40. The molecule has 2 aliphatic rings. The van der Waals surface area contributed by atoms with Gasteiger partial charge in [0.2, 0.25) is 23.4 Å². The number of ketones is 2. The minimum atomic E-state index is -0.687. The minimum absolute atomic E-state index is 0.0152. The molecule has 0 aliphatic carbocycles. The fraction of sp³-hybridized carbons (Fsp3) is 0.286. The number of nitrogens with zero attached hydrogens (tertiary/aromatic N) is 1. The molecule has 0 saturated carbocycles. The number of fused-ring (bicyclic) bond motifs is 1. The Labute approximate surface area is 191 Å². The van der Waals surface area contributed by atoms with E-state index in [1.807, 2.05) is 0 Å². The summed E-state index contributed by atoms with van der Waals surface area (Å²) in [7, 11) is 0. The Morgan fingerprint density at radius 1 is 1.16 bits per heavy atom. The Hall–Kier alpha value is -2.55. The molecule has 0 spiro atoms. The summed E-state index contributed by atoms with van der Waals surface area (Å²) < 4.78 is 0. The molecule has 1 fully saturated rings. The van der Waals surface area contributed by atoms with Crippen LogP contribution in [0.25, 0.3) is 0 Å². The van der Waals surface area contributed by atoms with Crippen LogP contribution < -0.4 is 5.32 Å². The summed E-state index contributed by atoms with van der Waals surface area (Å²) in [6.07, 6.45) is 0.766. The second-order valence-corrected chi connectivity index (χ2v) is 9.11. The van der Waals surface area contributed by atoms with E-state index in [1.54, 1.807) is 5.38 Å². The summed E-state index contributed by atoms with van der Waals surface area (Å²) in [4.78, 5) is 63.3. The van der Waals surface area contributed by atoms with Crippen molar-refractivity contribution in [2.75, 3.05) is 0 Å². The molecule has 160 valence electrons. The number of rotatable bonds is 6. The lowest BCUT2D eigenvalue weighted by Gasteiger charge is -2.29. The highest BCUT2D eigenvalue weighted by atomic mass is 35.5. The van der Waals surface area contributed by atoms with E-state index in [0.29, 0.717) is 17.0 Å². The Balaban J connectivity index is 1.43. The van der Waals surface area contributed by atoms with Crippen molar-refractivity contribution < 1.29 is 24.0 Å². The lowest BCUT2D eigenvalue weighted by molar-refractivity contribution is -0.136. The number of nitrogens with one attached hydrogen (secondary N) is 1. The molecule has 1 aromatic heterocycles. The SMILES string of the molecule is O=C1CCC(N2Cc3c(csc3CCC(=O)C(=O)c3ccc(Cl)c(Cl)c3)C2=O)C(=O)N1. The number of halogens is 2. The smallest absolute Gasteiger partial charge is 0.256 e. The molecule has 1 unspecified atom stereocenters. The molecular formula is C21H16Cl2N2O5S. The molecule has 3 amide bonds. The number of hydrogen-bond donors (Lipinski definition) is 1. The number of piperidine rings is 1. The molecule has 1 atom stereocenters. The summed E-state index contributed by atoms with van der Waals surface area (Å²) in [5, 5.41) is 4.47. The van der Waals surface area contributed by atoms with E-state index in [2.05, 4.69) is 5.32 Å². The molecule has 7 nitrogen and oxygen atoms in total. The first-order chi connectivity index (χ1) is 14.8. The minimum Gasteiger partial charge on any atom is -0.322 e. The zero-order valence-electron chi connectivity index (χ0n) is 16.1. The number of carbonyl (C=O) groups is 5. The van der Waals surface area contributed by atoms with Crippen LogP contribution in [0.15, 0.2) is 23.6 Å². The van der Waals surface area contributed by atoms with Gasteiger partial charge in [-0.3, -0.25) is 29.3 Å². The molecule has 4 rings (SSSR count). The van der Waals surface area contributed by atoms with E-state index in [-0.39, 0.29) is 48.2 Å². The molecule has 3 heterocycles. The highest BCUT2D eigenvalue weighted by Crippen LogP contribution is 2.34. The summed E-state index contributed by atoms with van der Waals surface area (Å²) in [5.74, 6) is -2.28. The van der Waals surface area contributed by atoms with Crippen molar-refractivity contribution in [3.63, 3.8) is 0 Å². The largest absolute Gasteiger partial charge is 0.322 e. The zero-order chi connectivity index (χ0) is 22.3. The van der Waals surface area contributed by atoms with Gasteiger partial charge in [-0.15, -0.1) is 11.3 Å². The first kappa shape index (κ1) is 21.7. The number of amides is 3. The second-order valence-electron chi connectivity index (χ2n) is 7.33. The van der Waals surface area contributed by atoms with Gasteiger partial charge in [0.1, 0.15) is 6.04 Å². The monoisotopic (exact) mass is 478 g/mol. The standard InChI is InChI=1S/C21H16Cl2N2O5S/c22-13-2-1-10(7-14(13)23)19(28)16(26)4-5-17-11-8-25(21(30)12(11)9-31-17)15-3-6-18(27)24-20(15)29/h1-2,7,9,15H,3-6,8H2,(H,24,27,29). The molecule has 0 bridgehead atoms. The molecule has 31 heavy (non-hydrogen) atoms. The van der Waals surface area contributed by atoms with E-state index >= 15 is 0 Å². The maximum Gasteiger partial charge on any atom is 0.256 e. The van der Waals surface area contributed by atoms with Crippen molar-refractivity contribution in [2.45, 2.75) is 38.3 Å². The van der Waals surface area contributed by atoms with Gasteiger partial charge in [0, 0.05) is 35.2 Å². The lowest BCUT2D eigenvalue weighted by Crippen LogP contribution is -2.52. The highest BCUT2D eigenvalue weighted by Gasteiger charge is 2.40. The average molecular weight is 479 g/mol. The van der Waals surface area contributed by atoms with E-state index < -0.39 is 23.5 Å². The van der Waals surface area contributed by atoms with Crippen LogP contribution in [0.1, 0.15) is 50.4 Å². The number of benzene rings is 1. The van der Waals surface area contributed by atoms with Gasteiger partial charge in [-0.05, 0) is 36.6 Å². The van der Waals surface area contributed by atoms with Gasteiger partial charge < -0.3 is 4.90 Å². The van der Waals surface area contributed by atoms with Gasteiger partial charge in [-0.1, -0.05) is 23.2 Å². The Kier molecular flexibility index (Phi) is 5.96. The van der Waals surface area contributed by atoms with E-state index in [9.17, 15) is 24.0 Å². The Bertz CT molecular complexity index is 1140. The van der Waals surface area contributed by atoms with E-state index in [0.717, 1.165) is 10.4 Å². The zero-order valence-corrected chi connectivity index (χ0v) is 18.4.